The van der Waals surface area contributed by atoms with Gasteiger partial charge in [-0.05, 0) is 13.0 Å². The Morgan fingerprint density at radius 3 is 1.81 bits per heavy atom. The van der Waals surface area contributed by atoms with E-state index in [2.05, 4.69) is 10.1 Å². The van der Waals surface area contributed by atoms with Gasteiger partial charge in [-0.2, -0.15) is 17.6 Å². The van der Waals surface area contributed by atoms with Crippen molar-refractivity contribution < 1.29 is 53.5 Å². The van der Waals surface area contributed by atoms with Crippen molar-refractivity contribution in [3.8, 4) is 0 Å². The Morgan fingerprint density at radius 1 is 0.889 bits per heavy atom. The molecule has 27 heavy (non-hydrogen) atoms. The molecule has 0 radical (unpaired) electrons. The highest BCUT2D eigenvalue weighted by molar-refractivity contribution is 6.60. The molecular weight excluding hydrogens is 413 g/mol. The van der Waals surface area contributed by atoms with Crippen LogP contribution in [0.2, 0.25) is 6.04 Å². The van der Waals surface area contributed by atoms with Crippen molar-refractivity contribution in [2.45, 2.75) is 30.9 Å². The molecule has 15 heteroatoms. The number of carbonyl (C=O) groups excluding carboxylic acids is 1. The summed E-state index contributed by atoms with van der Waals surface area (Å²) in [6, 6.07) is 0.414. The van der Waals surface area contributed by atoms with Crippen molar-refractivity contribution in [3.63, 3.8) is 0 Å². The van der Waals surface area contributed by atoms with Gasteiger partial charge in [0.05, 0.1) is 0 Å². The summed E-state index contributed by atoms with van der Waals surface area (Å²) in [4.78, 5) is 11.2. The third kappa shape index (κ3) is 8.26. The van der Waals surface area contributed by atoms with E-state index >= 15 is 0 Å². The van der Waals surface area contributed by atoms with Crippen molar-refractivity contribution in [3.05, 3.63) is 0 Å². The van der Waals surface area contributed by atoms with Crippen molar-refractivity contribution in [2.24, 2.45) is 0 Å². The van der Waals surface area contributed by atoms with Crippen molar-refractivity contribution in [1.82, 2.24) is 10.6 Å². The quantitative estimate of drug-likeness (QED) is 0.277. The smallest absolute Gasteiger partial charge is 0.377 e. The van der Waals surface area contributed by atoms with Crippen LogP contribution in [0.5, 0.6) is 0 Å². The molecule has 0 aliphatic rings. The lowest BCUT2D eigenvalue weighted by molar-refractivity contribution is -0.432. The van der Waals surface area contributed by atoms with Gasteiger partial charge in [-0.3, -0.25) is 4.79 Å². The highest BCUT2D eigenvalue weighted by atomic mass is 28.4. The average molecular weight is 434 g/mol. The standard InChI is InChI=1S/C12H21F7N2O5Si/c1-23-27(24-2,25-3)8-4-5-20-6-7-21-9(22)10(13,11(14,15)16)26-12(17,18)19/h20H,4-8H2,1-3H3,(H,21,22). The number of amides is 1. The molecule has 0 aromatic heterocycles. The van der Waals surface area contributed by atoms with Gasteiger partial charge < -0.3 is 23.9 Å². The highest BCUT2D eigenvalue weighted by Gasteiger charge is 2.68. The van der Waals surface area contributed by atoms with Crippen LogP contribution >= 0.6 is 0 Å². The molecule has 1 amide bonds. The van der Waals surface area contributed by atoms with Gasteiger partial charge in [0.25, 0.3) is 5.91 Å². The molecule has 0 aromatic rings. The van der Waals surface area contributed by atoms with E-state index in [1.54, 1.807) is 0 Å². The first kappa shape index (κ1) is 26.0. The molecule has 0 fully saturated rings. The summed E-state index contributed by atoms with van der Waals surface area (Å²) < 4.78 is 105. The van der Waals surface area contributed by atoms with Crippen molar-refractivity contribution >= 4 is 14.7 Å². The average Bonchev–Trinajstić information content (AvgIpc) is 2.55. The Hall–Kier alpha value is -1.00. The predicted molar refractivity (Wildman–Crippen MR) is 79.1 cm³/mol. The molecule has 0 aliphatic heterocycles. The van der Waals surface area contributed by atoms with Gasteiger partial charge in [-0.25, -0.2) is 4.74 Å². The first-order valence-corrected chi connectivity index (χ1v) is 9.37. The fourth-order valence-corrected chi connectivity index (χ4v) is 3.60. The Bertz CT molecular complexity index is 454. The lowest BCUT2D eigenvalue weighted by Crippen LogP contribution is -2.58. The first-order valence-electron chi connectivity index (χ1n) is 7.44. The Balaban J connectivity index is 4.38. The van der Waals surface area contributed by atoms with Gasteiger partial charge in [-0.15, -0.1) is 13.2 Å². The van der Waals surface area contributed by atoms with E-state index in [4.69, 9.17) is 13.3 Å². The van der Waals surface area contributed by atoms with E-state index in [0.29, 0.717) is 19.0 Å². The fourth-order valence-electron chi connectivity index (χ4n) is 1.88. The maximum atomic E-state index is 13.5. The van der Waals surface area contributed by atoms with Crippen molar-refractivity contribution in [2.75, 3.05) is 41.0 Å². The van der Waals surface area contributed by atoms with E-state index in [1.165, 1.54) is 26.6 Å². The van der Waals surface area contributed by atoms with E-state index in [9.17, 15) is 35.5 Å². The number of hydrogen-bond acceptors (Lipinski definition) is 6. The van der Waals surface area contributed by atoms with Gasteiger partial charge in [0, 0.05) is 40.5 Å². The minimum absolute atomic E-state index is 0.132. The largest absolute Gasteiger partial charge is 0.525 e. The Kier molecular flexibility index (Phi) is 10.1. The molecule has 162 valence electrons. The normalized spacial score (nSPS) is 15.5. The number of halogens is 7. The number of alkyl halides is 7. The van der Waals surface area contributed by atoms with Crippen molar-refractivity contribution in [1.29, 1.82) is 0 Å². The van der Waals surface area contributed by atoms with Gasteiger partial charge in [-0.1, -0.05) is 0 Å². The molecule has 0 saturated carbocycles. The molecule has 0 aromatic carbocycles. The van der Waals surface area contributed by atoms with Gasteiger partial charge >= 0.3 is 27.2 Å². The minimum atomic E-state index is -6.21. The second-order valence-electron chi connectivity index (χ2n) is 5.05. The van der Waals surface area contributed by atoms with Crippen LogP contribution in [0.4, 0.5) is 30.7 Å². The fraction of sp³-hybridized carbons (Fsp3) is 0.917. The minimum Gasteiger partial charge on any atom is -0.377 e. The predicted octanol–water partition coefficient (Wildman–Crippen LogP) is 1.72. The first-order chi connectivity index (χ1) is 12.3. The second-order valence-corrected chi connectivity index (χ2v) is 8.14. The van der Waals surface area contributed by atoms with Crippen LogP contribution in [0.1, 0.15) is 6.42 Å². The molecule has 0 heterocycles. The molecule has 0 aliphatic carbocycles. The van der Waals surface area contributed by atoms with Crippen LogP contribution in [0.25, 0.3) is 0 Å². The Morgan fingerprint density at radius 2 is 1.41 bits per heavy atom. The molecule has 2 N–H and O–H groups in total. The highest BCUT2D eigenvalue weighted by Crippen LogP contribution is 2.39. The van der Waals surface area contributed by atoms with E-state index in [-0.39, 0.29) is 6.54 Å². The maximum absolute atomic E-state index is 13.5. The summed E-state index contributed by atoms with van der Waals surface area (Å²) in [5, 5.41) is 4.10. The van der Waals surface area contributed by atoms with Crippen LogP contribution in [0, 0.1) is 0 Å². The summed E-state index contributed by atoms with van der Waals surface area (Å²) in [5.74, 6) is -8.13. The van der Waals surface area contributed by atoms with Gasteiger partial charge in [0.2, 0.25) is 0 Å². The number of ether oxygens (including phenoxy) is 1. The van der Waals surface area contributed by atoms with Crippen LogP contribution in [-0.2, 0) is 22.8 Å². The Labute approximate surface area is 151 Å². The zero-order chi connectivity index (χ0) is 21.4. The van der Waals surface area contributed by atoms with Gasteiger partial charge in [0.15, 0.2) is 0 Å². The topological polar surface area (TPSA) is 78.1 Å². The summed E-state index contributed by atoms with van der Waals surface area (Å²) in [7, 11) is 1.46. The summed E-state index contributed by atoms with van der Waals surface area (Å²) in [6.07, 6.45) is -11.7. The molecule has 0 bridgehead atoms. The van der Waals surface area contributed by atoms with Crippen LogP contribution in [0.3, 0.4) is 0 Å². The monoisotopic (exact) mass is 434 g/mol. The zero-order valence-corrected chi connectivity index (χ0v) is 15.7. The van der Waals surface area contributed by atoms with Gasteiger partial charge in [0.1, 0.15) is 0 Å². The number of rotatable bonds is 12. The van der Waals surface area contributed by atoms with E-state index in [1.807, 2.05) is 0 Å². The van der Waals surface area contributed by atoms with Crippen LogP contribution in [0.15, 0.2) is 0 Å². The summed E-state index contributed by atoms with van der Waals surface area (Å²) >= 11 is 0. The molecule has 0 saturated heterocycles. The molecule has 1 unspecified atom stereocenters. The molecule has 0 rings (SSSR count). The third-order valence-electron chi connectivity index (χ3n) is 3.27. The summed E-state index contributed by atoms with van der Waals surface area (Å²) in [6.45, 7) is -0.393. The van der Waals surface area contributed by atoms with Crippen LogP contribution < -0.4 is 10.6 Å². The lowest BCUT2D eigenvalue weighted by Gasteiger charge is -2.27. The maximum Gasteiger partial charge on any atom is 0.525 e. The van der Waals surface area contributed by atoms with E-state index in [0.717, 1.165) is 0 Å². The second kappa shape index (κ2) is 10.5. The van der Waals surface area contributed by atoms with E-state index < -0.39 is 39.6 Å². The number of nitrogens with one attached hydrogen (secondary N) is 2. The van der Waals surface area contributed by atoms with Crippen LogP contribution in [-0.4, -0.2) is 74.1 Å². The third-order valence-corrected chi connectivity index (χ3v) is 6.10. The number of hydrogen-bond donors (Lipinski definition) is 2. The SMILES string of the molecule is CO[Si](CCCNCCNC(=O)C(F)(OC(F)(F)F)C(F)(F)F)(OC)OC. The molecule has 1 atom stereocenters. The molecule has 7 nitrogen and oxygen atoms in total. The zero-order valence-electron chi connectivity index (χ0n) is 14.7. The summed E-state index contributed by atoms with van der Waals surface area (Å²) in [5.41, 5.74) is 0. The number of carbonyl (C=O) groups is 1. The molecular formula is C12H21F7N2O5Si. The lowest BCUT2D eigenvalue weighted by atomic mass is 10.2. The molecule has 0 spiro atoms.